The molecule has 1 unspecified atom stereocenters. The predicted molar refractivity (Wildman–Crippen MR) is 91.6 cm³/mol. The zero-order valence-corrected chi connectivity index (χ0v) is 15.8. The maximum Gasteiger partial charge on any atom is 0.306 e. The quantitative estimate of drug-likeness (QED) is 0.741. The fourth-order valence-electron chi connectivity index (χ4n) is 2.51. The second-order valence-corrected chi connectivity index (χ2v) is 10.3. The van der Waals surface area contributed by atoms with Gasteiger partial charge in [-0.2, -0.15) is 8.42 Å². The van der Waals surface area contributed by atoms with Crippen molar-refractivity contribution in [2.75, 3.05) is 17.9 Å². The molecule has 0 amide bonds. The van der Waals surface area contributed by atoms with Crippen molar-refractivity contribution in [1.82, 2.24) is 5.32 Å². The number of sulfone groups is 1. The Kier molecular flexibility index (Phi) is 5.17. The third-order valence-corrected chi connectivity index (χ3v) is 5.89. The highest BCUT2D eigenvalue weighted by molar-refractivity contribution is 7.91. The van der Waals surface area contributed by atoms with E-state index in [1.165, 1.54) is 6.07 Å². The van der Waals surface area contributed by atoms with Crippen molar-refractivity contribution in [1.29, 1.82) is 0 Å². The maximum absolute atomic E-state index is 11.7. The third-order valence-electron chi connectivity index (χ3n) is 3.91. The van der Waals surface area contributed by atoms with E-state index in [4.69, 9.17) is 8.92 Å². The summed E-state index contributed by atoms with van der Waals surface area (Å²) >= 11 is 0. The fraction of sp³-hybridized carbons (Fsp3) is 0.600. The van der Waals surface area contributed by atoms with Gasteiger partial charge in [-0.15, -0.1) is 0 Å². The lowest BCUT2D eigenvalue weighted by Gasteiger charge is -2.40. The molecule has 0 bridgehead atoms. The predicted octanol–water partition coefficient (Wildman–Crippen LogP) is 1.09. The Balaban J connectivity index is 2.23. The summed E-state index contributed by atoms with van der Waals surface area (Å²) in [5.41, 5.74) is 0.164. The molecule has 1 aliphatic heterocycles. The average molecular weight is 377 g/mol. The van der Waals surface area contributed by atoms with E-state index in [2.05, 4.69) is 5.32 Å². The number of ether oxygens (including phenoxy) is 1. The van der Waals surface area contributed by atoms with Gasteiger partial charge >= 0.3 is 10.1 Å². The number of nitrogens with one attached hydrogen (secondary N) is 1. The number of fused-ring (bicyclic) bond motifs is 1. The molecule has 0 aromatic heterocycles. The van der Waals surface area contributed by atoms with Crippen LogP contribution < -0.4 is 14.2 Å². The molecule has 1 aromatic carbocycles. The van der Waals surface area contributed by atoms with E-state index < -0.39 is 25.6 Å². The molecule has 0 saturated heterocycles. The SMILES string of the molecule is CCS(=O)(=O)CNC1Cc2cc(OS(C)(=O)=O)ccc2OC1(C)C. The Morgan fingerprint density at radius 2 is 1.96 bits per heavy atom. The van der Waals surface area contributed by atoms with Crippen LogP contribution in [0.5, 0.6) is 11.5 Å². The molecule has 2 rings (SSSR count). The van der Waals surface area contributed by atoms with Gasteiger partial charge in [-0.25, -0.2) is 8.42 Å². The topological polar surface area (TPSA) is 98.8 Å². The van der Waals surface area contributed by atoms with Crippen LogP contribution in [0, 0.1) is 0 Å². The number of hydrogen-bond donors (Lipinski definition) is 1. The van der Waals surface area contributed by atoms with Gasteiger partial charge in [-0.1, -0.05) is 6.92 Å². The van der Waals surface area contributed by atoms with Crippen LogP contribution in [0.1, 0.15) is 26.3 Å². The zero-order valence-electron chi connectivity index (χ0n) is 14.2. The van der Waals surface area contributed by atoms with Gasteiger partial charge in [0.2, 0.25) is 0 Å². The highest BCUT2D eigenvalue weighted by atomic mass is 32.2. The summed E-state index contributed by atoms with van der Waals surface area (Å²) in [7, 11) is -6.76. The highest BCUT2D eigenvalue weighted by Crippen LogP contribution is 2.35. The van der Waals surface area contributed by atoms with Crippen LogP contribution >= 0.6 is 0 Å². The molecule has 0 aliphatic carbocycles. The smallest absolute Gasteiger partial charge is 0.306 e. The molecule has 0 radical (unpaired) electrons. The Morgan fingerprint density at radius 3 is 2.54 bits per heavy atom. The van der Waals surface area contributed by atoms with Crippen molar-refractivity contribution < 1.29 is 25.8 Å². The highest BCUT2D eigenvalue weighted by Gasteiger charge is 2.37. The Labute approximate surface area is 143 Å². The summed E-state index contributed by atoms with van der Waals surface area (Å²) in [5, 5.41) is 3.04. The van der Waals surface area contributed by atoms with Crippen LogP contribution in [-0.2, 0) is 26.4 Å². The van der Waals surface area contributed by atoms with E-state index in [1.54, 1.807) is 19.1 Å². The van der Waals surface area contributed by atoms with Gasteiger partial charge in [0.1, 0.15) is 17.1 Å². The van der Waals surface area contributed by atoms with E-state index in [0.29, 0.717) is 12.2 Å². The lowest BCUT2D eigenvalue weighted by molar-refractivity contribution is 0.0506. The van der Waals surface area contributed by atoms with Crippen LogP contribution in [0.3, 0.4) is 0 Å². The molecule has 0 spiro atoms. The monoisotopic (exact) mass is 377 g/mol. The third kappa shape index (κ3) is 4.84. The van der Waals surface area contributed by atoms with Crippen molar-refractivity contribution >= 4 is 20.0 Å². The van der Waals surface area contributed by atoms with Crippen LogP contribution in [0.15, 0.2) is 18.2 Å². The van der Waals surface area contributed by atoms with Crippen molar-refractivity contribution in [3.8, 4) is 11.5 Å². The molecule has 0 saturated carbocycles. The lowest BCUT2D eigenvalue weighted by atomic mass is 9.89. The van der Waals surface area contributed by atoms with Gasteiger partial charge in [-0.05, 0) is 44.0 Å². The summed E-state index contributed by atoms with van der Waals surface area (Å²) in [5.74, 6) is 0.781. The molecule has 24 heavy (non-hydrogen) atoms. The molecule has 9 heteroatoms. The van der Waals surface area contributed by atoms with Crippen molar-refractivity contribution in [3.63, 3.8) is 0 Å². The molecule has 0 fully saturated rings. The van der Waals surface area contributed by atoms with Crippen LogP contribution in [0.25, 0.3) is 0 Å². The van der Waals surface area contributed by atoms with E-state index in [-0.39, 0.29) is 23.4 Å². The molecule has 1 atom stereocenters. The molecule has 1 N–H and O–H groups in total. The number of hydrogen-bond acceptors (Lipinski definition) is 7. The summed E-state index contributed by atoms with van der Waals surface area (Å²) < 4.78 is 56.8. The number of benzene rings is 1. The van der Waals surface area contributed by atoms with Crippen LogP contribution in [0.2, 0.25) is 0 Å². The maximum atomic E-state index is 11.7. The Hall–Kier alpha value is -1.32. The van der Waals surface area contributed by atoms with E-state index in [1.807, 2.05) is 13.8 Å². The molecule has 7 nitrogen and oxygen atoms in total. The van der Waals surface area contributed by atoms with Gasteiger partial charge in [0.25, 0.3) is 0 Å². The summed E-state index contributed by atoms with van der Waals surface area (Å²) in [4.78, 5) is 0. The largest absolute Gasteiger partial charge is 0.486 e. The van der Waals surface area contributed by atoms with Crippen molar-refractivity contribution in [3.05, 3.63) is 23.8 Å². The molecule has 1 heterocycles. The van der Waals surface area contributed by atoms with Gasteiger partial charge in [0, 0.05) is 5.75 Å². The number of rotatable bonds is 6. The van der Waals surface area contributed by atoms with Gasteiger partial charge in [0.15, 0.2) is 9.84 Å². The first kappa shape index (κ1) is 19.0. The standard InChI is InChI=1S/C15H23NO6S2/c1-5-24(19,20)10-16-14-9-11-8-12(22-23(4,17)18)6-7-13(11)21-15(14,2)3/h6-8,14,16H,5,9-10H2,1-4H3. The van der Waals surface area contributed by atoms with Crippen molar-refractivity contribution in [2.24, 2.45) is 0 Å². The lowest BCUT2D eigenvalue weighted by Crippen LogP contribution is -2.55. The first-order valence-corrected chi connectivity index (χ1v) is 11.2. The van der Waals surface area contributed by atoms with Gasteiger partial charge in [0.05, 0.1) is 18.2 Å². The van der Waals surface area contributed by atoms with Crippen molar-refractivity contribution in [2.45, 2.75) is 38.8 Å². The van der Waals surface area contributed by atoms with E-state index in [9.17, 15) is 16.8 Å². The molecular formula is C15H23NO6S2. The second kappa shape index (κ2) is 6.53. The molecule has 1 aliphatic rings. The normalized spacial score (nSPS) is 20.1. The summed E-state index contributed by atoms with van der Waals surface area (Å²) in [6, 6.07) is 4.57. The van der Waals surface area contributed by atoms with Gasteiger partial charge < -0.3 is 8.92 Å². The first-order valence-electron chi connectivity index (χ1n) is 7.57. The summed E-state index contributed by atoms with van der Waals surface area (Å²) in [6.45, 7) is 5.36. The summed E-state index contributed by atoms with van der Waals surface area (Å²) in [6.07, 6.45) is 1.48. The minimum Gasteiger partial charge on any atom is -0.486 e. The molecular weight excluding hydrogens is 354 g/mol. The minimum atomic E-state index is -3.61. The Bertz CT molecular complexity index is 814. The van der Waals surface area contributed by atoms with Crippen LogP contribution in [0.4, 0.5) is 0 Å². The van der Waals surface area contributed by atoms with Gasteiger partial charge in [-0.3, -0.25) is 5.32 Å². The van der Waals surface area contributed by atoms with E-state index in [0.717, 1.165) is 11.8 Å². The average Bonchev–Trinajstić information content (AvgIpc) is 2.43. The zero-order chi connectivity index (χ0) is 18.2. The molecule has 136 valence electrons. The fourth-order valence-corrected chi connectivity index (χ4v) is 3.62. The van der Waals surface area contributed by atoms with E-state index >= 15 is 0 Å². The second-order valence-electron chi connectivity index (χ2n) is 6.40. The first-order chi connectivity index (χ1) is 10.9. The Morgan fingerprint density at radius 1 is 1.29 bits per heavy atom. The minimum absolute atomic E-state index is 0.0664. The molecule has 1 aromatic rings. The van der Waals surface area contributed by atoms with Crippen LogP contribution in [-0.4, -0.2) is 46.4 Å².